The average molecular weight is 538 g/mol. The molecule has 0 saturated heterocycles. The molecule has 0 fully saturated rings. The van der Waals surface area contributed by atoms with E-state index in [4.69, 9.17) is 0 Å². The minimum absolute atomic E-state index is 0.0497. The molecule has 0 spiro atoms. The van der Waals surface area contributed by atoms with Crippen molar-refractivity contribution in [1.29, 1.82) is 0 Å². The summed E-state index contributed by atoms with van der Waals surface area (Å²) in [6.45, 7) is 0. The maximum Gasteiger partial charge on any atom is 0.263 e. The molecule has 9 rings (SSSR count). The van der Waals surface area contributed by atoms with Gasteiger partial charge in [0.25, 0.3) is 5.56 Å². The topological polar surface area (TPSA) is 21.5 Å². The van der Waals surface area contributed by atoms with Gasteiger partial charge in [-0.15, -0.1) is 0 Å². The Labute approximate surface area is 243 Å². The van der Waals surface area contributed by atoms with Crippen LogP contribution < -0.4 is 5.56 Å². The molecule has 42 heavy (non-hydrogen) atoms. The zero-order chi connectivity index (χ0) is 27.8. The molecule has 1 aliphatic carbocycles. The average Bonchev–Trinajstić information content (AvgIpc) is 3.29. The van der Waals surface area contributed by atoms with Crippen molar-refractivity contribution in [2.24, 2.45) is 0 Å². The van der Waals surface area contributed by atoms with Gasteiger partial charge in [0, 0.05) is 27.5 Å². The van der Waals surface area contributed by atoms with E-state index in [1.54, 1.807) is 0 Å². The molecule has 2 aromatic heterocycles. The van der Waals surface area contributed by atoms with Crippen molar-refractivity contribution in [2.45, 2.75) is 18.8 Å². The number of aromatic nitrogens is 1. The fraction of sp³-hybridized carbons (Fsp3) is 0.0750. The molecule has 0 radical (unpaired) electrons. The number of hydrogen-bond acceptors (Lipinski definition) is 1. The second-order valence-electron chi connectivity index (χ2n) is 11.6. The van der Waals surface area contributed by atoms with E-state index < -0.39 is 0 Å². The van der Waals surface area contributed by atoms with Gasteiger partial charge in [-0.25, -0.2) is 0 Å². The lowest BCUT2D eigenvalue weighted by atomic mass is 9.86. The second-order valence-corrected chi connectivity index (χ2v) is 11.6. The van der Waals surface area contributed by atoms with Crippen LogP contribution in [0.15, 0.2) is 138 Å². The maximum atomic E-state index is 13.7. The second kappa shape index (κ2) is 8.89. The third-order valence-corrected chi connectivity index (χ3v) is 9.39. The van der Waals surface area contributed by atoms with E-state index >= 15 is 0 Å². The fourth-order valence-corrected chi connectivity index (χ4v) is 7.48. The number of aryl methyl sites for hydroxylation is 1. The molecule has 198 valence electrons. The molecule has 1 aliphatic rings. The summed E-state index contributed by atoms with van der Waals surface area (Å²) >= 11 is 0. The third-order valence-electron chi connectivity index (χ3n) is 9.39. The largest absolute Gasteiger partial charge is 0.275 e. The first kappa shape index (κ1) is 23.5. The predicted octanol–water partition coefficient (Wildman–Crippen LogP) is 9.61. The van der Waals surface area contributed by atoms with Gasteiger partial charge < -0.3 is 0 Å². The summed E-state index contributed by atoms with van der Waals surface area (Å²) in [5.41, 5.74) is 11.3. The molecule has 1 unspecified atom stereocenters. The summed E-state index contributed by atoms with van der Waals surface area (Å²) in [6.07, 6.45) is 2.09. The molecular weight excluding hydrogens is 510 g/mol. The number of benzene rings is 6. The molecule has 0 saturated carbocycles. The standard InChI is InChI=1S/C40H27NO/c42-40-35-16-7-6-14-33(35)36-23-28(24-37-34-15-8-9-17-38(34)41(40)39(36)37)26-18-20-30-27(22-26)19-21-29(25-10-2-1-3-11-25)31-12-4-5-13-32(30)31/h1-18,20,22-24,29H,19,21H2. The number of rotatable bonds is 2. The SMILES string of the molecule is O=c1c2ccccc2c2cc(-c3ccc4c(c3)CCC(c3ccccc3)c3ccccc3-4)cc3c4ccccc4n1c23. The van der Waals surface area contributed by atoms with Gasteiger partial charge >= 0.3 is 0 Å². The van der Waals surface area contributed by atoms with E-state index in [0.717, 1.165) is 50.8 Å². The van der Waals surface area contributed by atoms with E-state index in [0.29, 0.717) is 5.92 Å². The van der Waals surface area contributed by atoms with Crippen molar-refractivity contribution in [1.82, 2.24) is 4.40 Å². The first-order chi connectivity index (χ1) is 20.8. The molecular formula is C40H27NO. The van der Waals surface area contributed by atoms with Crippen molar-refractivity contribution in [2.75, 3.05) is 0 Å². The molecule has 0 amide bonds. The monoisotopic (exact) mass is 537 g/mol. The first-order valence-electron chi connectivity index (χ1n) is 14.7. The van der Waals surface area contributed by atoms with E-state index in [1.807, 2.05) is 28.7 Å². The Balaban J connectivity index is 1.28. The Hall–Kier alpha value is -5.21. The van der Waals surface area contributed by atoms with Crippen LogP contribution in [0.5, 0.6) is 0 Å². The summed E-state index contributed by atoms with van der Waals surface area (Å²) in [5.74, 6) is 0.374. The van der Waals surface area contributed by atoms with E-state index in [1.165, 1.54) is 38.9 Å². The normalized spacial score (nSPS) is 14.8. The number of para-hydroxylation sites is 1. The van der Waals surface area contributed by atoms with Gasteiger partial charge in [-0.2, -0.15) is 0 Å². The van der Waals surface area contributed by atoms with Gasteiger partial charge in [0.15, 0.2) is 0 Å². The van der Waals surface area contributed by atoms with E-state index in [2.05, 4.69) is 109 Å². The molecule has 0 N–H and O–H groups in total. The minimum Gasteiger partial charge on any atom is -0.275 e. The highest BCUT2D eigenvalue weighted by atomic mass is 16.1. The molecule has 2 heteroatoms. The van der Waals surface area contributed by atoms with E-state index in [-0.39, 0.29) is 5.56 Å². The Morgan fingerprint density at radius 3 is 2.10 bits per heavy atom. The van der Waals surface area contributed by atoms with Crippen LogP contribution in [0.3, 0.4) is 0 Å². The van der Waals surface area contributed by atoms with Gasteiger partial charge in [-0.3, -0.25) is 9.20 Å². The van der Waals surface area contributed by atoms with Crippen LogP contribution in [0.25, 0.3) is 60.2 Å². The van der Waals surface area contributed by atoms with Gasteiger partial charge in [0.1, 0.15) is 0 Å². The maximum absolute atomic E-state index is 13.7. The zero-order valence-electron chi connectivity index (χ0n) is 23.0. The van der Waals surface area contributed by atoms with Gasteiger partial charge in [0.05, 0.1) is 11.0 Å². The summed E-state index contributed by atoms with van der Waals surface area (Å²) in [5, 5.41) is 5.14. The highest BCUT2D eigenvalue weighted by Crippen LogP contribution is 2.43. The summed E-state index contributed by atoms with van der Waals surface area (Å²) < 4.78 is 1.92. The van der Waals surface area contributed by atoms with Crippen molar-refractivity contribution in [3.05, 3.63) is 161 Å². The Morgan fingerprint density at radius 1 is 0.548 bits per heavy atom. The highest BCUT2D eigenvalue weighted by molar-refractivity contribution is 6.21. The van der Waals surface area contributed by atoms with Crippen LogP contribution in [0.2, 0.25) is 0 Å². The lowest BCUT2D eigenvalue weighted by Gasteiger charge is -2.18. The van der Waals surface area contributed by atoms with Crippen molar-refractivity contribution in [3.63, 3.8) is 0 Å². The first-order valence-corrected chi connectivity index (χ1v) is 14.7. The molecule has 6 aromatic carbocycles. The number of hydrogen-bond donors (Lipinski definition) is 0. The van der Waals surface area contributed by atoms with E-state index in [9.17, 15) is 4.79 Å². The van der Waals surface area contributed by atoms with Crippen molar-refractivity contribution in [3.8, 4) is 22.3 Å². The highest BCUT2D eigenvalue weighted by Gasteiger charge is 2.24. The minimum atomic E-state index is 0.0497. The zero-order valence-corrected chi connectivity index (χ0v) is 23.0. The summed E-state index contributed by atoms with van der Waals surface area (Å²) in [4.78, 5) is 13.7. The van der Waals surface area contributed by atoms with Crippen molar-refractivity contribution < 1.29 is 0 Å². The third kappa shape index (κ3) is 3.30. The molecule has 1 atom stereocenters. The van der Waals surface area contributed by atoms with Crippen molar-refractivity contribution >= 4 is 38.0 Å². The summed E-state index contributed by atoms with van der Waals surface area (Å²) in [7, 11) is 0. The van der Waals surface area contributed by atoms with Gasteiger partial charge in [-0.1, -0.05) is 109 Å². The molecule has 0 bridgehead atoms. The molecule has 2 heterocycles. The summed E-state index contributed by atoms with van der Waals surface area (Å²) in [6, 6.07) is 47.8. The molecule has 0 aliphatic heterocycles. The number of fused-ring (bicyclic) bond motifs is 8. The number of pyridine rings is 1. The van der Waals surface area contributed by atoms with Gasteiger partial charge in [0.2, 0.25) is 0 Å². The Bertz CT molecular complexity index is 2380. The van der Waals surface area contributed by atoms with Crippen LogP contribution in [0.1, 0.15) is 29.0 Å². The quantitative estimate of drug-likeness (QED) is 0.201. The Kier molecular flexibility index (Phi) is 4.97. The molecule has 2 nitrogen and oxygen atoms in total. The van der Waals surface area contributed by atoms with Crippen LogP contribution >= 0.6 is 0 Å². The van der Waals surface area contributed by atoms with Crippen LogP contribution in [-0.2, 0) is 6.42 Å². The predicted molar refractivity (Wildman–Crippen MR) is 175 cm³/mol. The number of nitrogens with zero attached hydrogens (tertiary/aromatic N) is 1. The lowest BCUT2D eigenvalue weighted by Crippen LogP contribution is -2.12. The van der Waals surface area contributed by atoms with Crippen LogP contribution in [-0.4, -0.2) is 4.40 Å². The van der Waals surface area contributed by atoms with Gasteiger partial charge in [-0.05, 0) is 81.4 Å². The lowest BCUT2D eigenvalue weighted by molar-refractivity contribution is 0.726. The molecule has 8 aromatic rings. The smallest absolute Gasteiger partial charge is 0.263 e. The Morgan fingerprint density at radius 2 is 1.24 bits per heavy atom. The van der Waals surface area contributed by atoms with Crippen LogP contribution in [0.4, 0.5) is 0 Å². The fourth-order valence-electron chi connectivity index (χ4n) is 7.48. The van der Waals surface area contributed by atoms with Crippen LogP contribution in [0, 0.1) is 0 Å².